The topological polar surface area (TPSA) is 50.8 Å². The van der Waals surface area contributed by atoms with Gasteiger partial charge in [-0.15, -0.1) is 0 Å². The van der Waals surface area contributed by atoms with Gasteiger partial charge in [-0.05, 0) is 68.0 Å². The van der Waals surface area contributed by atoms with Gasteiger partial charge >= 0.3 is 0 Å². The molecule has 148 valence electrons. The molecule has 3 nitrogen and oxygen atoms in total. The van der Waals surface area contributed by atoms with Crippen molar-refractivity contribution in [2.75, 3.05) is 19.6 Å². The van der Waals surface area contributed by atoms with E-state index >= 15 is 0 Å². The molecule has 0 saturated carbocycles. The first kappa shape index (κ1) is 23.7. The third kappa shape index (κ3) is 8.57. The van der Waals surface area contributed by atoms with Gasteiger partial charge < -0.3 is 0 Å². The second-order valence-corrected chi connectivity index (χ2v) is 7.57. The molecule has 0 aromatic heterocycles. The van der Waals surface area contributed by atoms with Crippen LogP contribution in [0.3, 0.4) is 0 Å². The Morgan fingerprint density at radius 3 is 2.32 bits per heavy atom. The van der Waals surface area contributed by atoms with Crippen molar-refractivity contribution in [3.05, 3.63) is 69.7 Å². The molecule has 0 aliphatic carbocycles. The first-order valence-electron chi connectivity index (χ1n) is 9.71. The quantitative estimate of drug-likeness (QED) is 0.592. The first-order chi connectivity index (χ1) is 13.4. The van der Waals surface area contributed by atoms with Gasteiger partial charge in [-0.3, -0.25) is 4.90 Å². The SMILES string of the molecule is CC1CCN(CC#N)C1.CCc1ccccc1C.Cc1ccc(C#N)c(Cl)c1. The molecule has 1 aliphatic rings. The molecular formula is C24H30ClN3. The summed E-state index contributed by atoms with van der Waals surface area (Å²) in [6, 6.07) is 18.0. The molecule has 0 bridgehead atoms. The molecule has 2 aromatic carbocycles. The summed E-state index contributed by atoms with van der Waals surface area (Å²) in [5.41, 5.74) is 4.47. The smallest absolute Gasteiger partial charge is 0.101 e. The number of rotatable bonds is 2. The third-order valence-corrected chi connectivity index (χ3v) is 5.00. The van der Waals surface area contributed by atoms with Gasteiger partial charge in [-0.25, -0.2) is 0 Å². The largest absolute Gasteiger partial charge is 0.290 e. The number of likely N-dealkylation sites (tertiary alicyclic amines) is 1. The Morgan fingerprint density at radius 1 is 1.14 bits per heavy atom. The number of benzene rings is 2. The van der Waals surface area contributed by atoms with Crippen LogP contribution >= 0.6 is 11.6 Å². The van der Waals surface area contributed by atoms with Crippen LogP contribution in [0.4, 0.5) is 0 Å². The van der Waals surface area contributed by atoms with Crippen LogP contribution in [-0.4, -0.2) is 24.5 Å². The summed E-state index contributed by atoms with van der Waals surface area (Å²) in [6.07, 6.45) is 2.41. The van der Waals surface area contributed by atoms with Crippen LogP contribution in [0.15, 0.2) is 42.5 Å². The molecule has 0 spiro atoms. The van der Waals surface area contributed by atoms with E-state index in [0.717, 1.165) is 31.0 Å². The van der Waals surface area contributed by atoms with Crippen LogP contribution in [-0.2, 0) is 6.42 Å². The number of aryl methyl sites for hydroxylation is 3. The molecule has 3 rings (SSSR count). The fourth-order valence-corrected chi connectivity index (χ4v) is 3.26. The molecule has 1 aliphatic heterocycles. The lowest BCUT2D eigenvalue weighted by molar-refractivity contribution is 0.368. The molecule has 1 heterocycles. The highest BCUT2D eigenvalue weighted by Gasteiger charge is 2.17. The summed E-state index contributed by atoms with van der Waals surface area (Å²) in [6.45, 7) is 11.4. The predicted molar refractivity (Wildman–Crippen MR) is 117 cm³/mol. The maximum atomic E-state index is 8.47. The van der Waals surface area contributed by atoms with Crippen molar-refractivity contribution in [1.82, 2.24) is 4.90 Å². The molecule has 1 fully saturated rings. The van der Waals surface area contributed by atoms with Crippen LogP contribution in [0, 0.1) is 42.4 Å². The van der Waals surface area contributed by atoms with Crippen LogP contribution in [0.25, 0.3) is 0 Å². The third-order valence-electron chi connectivity index (χ3n) is 4.69. The number of nitrogens with zero attached hydrogens (tertiary/aromatic N) is 3. The summed E-state index contributed by atoms with van der Waals surface area (Å²) >= 11 is 5.71. The molecule has 2 aromatic rings. The number of nitriles is 2. The van der Waals surface area contributed by atoms with Crippen LogP contribution in [0.2, 0.25) is 5.02 Å². The van der Waals surface area contributed by atoms with E-state index in [-0.39, 0.29) is 0 Å². The molecular weight excluding hydrogens is 366 g/mol. The zero-order chi connectivity index (χ0) is 20.9. The zero-order valence-electron chi connectivity index (χ0n) is 17.4. The van der Waals surface area contributed by atoms with Crippen LogP contribution < -0.4 is 0 Å². The second-order valence-electron chi connectivity index (χ2n) is 7.16. The van der Waals surface area contributed by atoms with Gasteiger partial charge in [0.05, 0.1) is 23.2 Å². The van der Waals surface area contributed by atoms with E-state index in [9.17, 15) is 0 Å². The van der Waals surface area contributed by atoms with E-state index < -0.39 is 0 Å². The van der Waals surface area contributed by atoms with Gasteiger partial charge in [-0.1, -0.05) is 55.8 Å². The highest BCUT2D eigenvalue weighted by molar-refractivity contribution is 6.31. The van der Waals surface area contributed by atoms with E-state index in [1.807, 2.05) is 19.1 Å². The van der Waals surface area contributed by atoms with Crippen molar-refractivity contribution in [3.63, 3.8) is 0 Å². The highest BCUT2D eigenvalue weighted by atomic mass is 35.5. The fraction of sp³-hybridized carbons (Fsp3) is 0.417. The molecule has 4 heteroatoms. The minimum Gasteiger partial charge on any atom is -0.290 e. The van der Waals surface area contributed by atoms with Gasteiger partial charge in [0.25, 0.3) is 0 Å². The van der Waals surface area contributed by atoms with E-state index in [0.29, 0.717) is 17.1 Å². The van der Waals surface area contributed by atoms with E-state index in [4.69, 9.17) is 22.1 Å². The van der Waals surface area contributed by atoms with Crippen molar-refractivity contribution in [1.29, 1.82) is 10.5 Å². The number of halogens is 1. The predicted octanol–water partition coefficient (Wildman–Crippen LogP) is 5.93. The Kier molecular flexibility index (Phi) is 11.0. The Labute approximate surface area is 175 Å². The maximum Gasteiger partial charge on any atom is 0.101 e. The van der Waals surface area contributed by atoms with E-state index in [1.165, 1.54) is 17.5 Å². The standard InChI is InChI=1S/C9H12.C8H6ClN.C7H12N2/c1-3-9-7-5-4-6-8(9)2;1-6-2-3-7(5-10)8(9)4-6;1-7-2-4-9(6-7)5-3-8/h4-7H,3H2,1-2H3;2-4H,1H3;7H,2,4-6H2,1H3. The van der Waals surface area contributed by atoms with Gasteiger partial charge in [0.2, 0.25) is 0 Å². The lowest BCUT2D eigenvalue weighted by Gasteiger charge is -2.07. The summed E-state index contributed by atoms with van der Waals surface area (Å²) in [7, 11) is 0. The number of hydrogen-bond donors (Lipinski definition) is 0. The summed E-state index contributed by atoms with van der Waals surface area (Å²) in [5.74, 6) is 0.804. The minimum absolute atomic E-state index is 0.530. The van der Waals surface area contributed by atoms with Crippen molar-refractivity contribution in [3.8, 4) is 12.1 Å². The molecule has 0 radical (unpaired) electrons. The highest BCUT2D eigenvalue weighted by Crippen LogP contribution is 2.15. The molecule has 0 amide bonds. The molecule has 1 atom stereocenters. The van der Waals surface area contributed by atoms with Crippen molar-refractivity contribution >= 4 is 11.6 Å². The summed E-state index contributed by atoms with van der Waals surface area (Å²) in [5, 5.41) is 17.3. The molecule has 0 N–H and O–H groups in total. The molecule has 1 saturated heterocycles. The lowest BCUT2D eigenvalue weighted by atomic mass is 10.1. The monoisotopic (exact) mass is 395 g/mol. The normalized spacial score (nSPS) is 15.3. The molecule has 28 heavy (non-hydrogen) atoms. The average molecular weight is 396 g/mol. The van der Waals surface area contributed by atoms with E-state index in [2.05, 4.69) is 56.0 Å². The van der Waals surface area contributed by atoms with Gasteiger partial charge in [-0.2, -0.15) is 10.5 Å². The van der Waals surface area contributed by atoms with Crippen LogP contribution in [0.1, 0.15) is 42.5 Å². The first-order valence-corrected chi connectivity index (χ1v) is 10.1. The Hall–Kier alpha value is -2.33. The van der Waals surface area contributed by atoms with Crippen molar-refractivity contribution in [2.24, 2.45) is 5.92 Å². The Bertz CT molecular complexity index is 817. The Morgan fingerprint density at radius 2 is 1.86 bits per heavy atom. The zero-order valence-corrected chi connectivity index (χ0v) is 18.1. The average Bonchev–Trinajstić information content (AvgIpc) is 3.09. The molecule has 1 unspecified atom stereocenters. The minimum atomic E-state index is 0.530. The number of hydrogen-bond acceptors (Lipinski definition) is 3. The summed E-state index contributed by atoms with van der Waals surface area (Å²) in [4.78, 5) is 2.20. The van der Waals surface area contributed by atoms with Gasteiger partial charge in [0, 0.05) is 6.54 Å². The van der Waals surface area contributed by atoms with Crippen LogP contribution in [0.5, 0.6) is 0 Å². The fourth-order valence-electron chi connectivity index (χ4n) is 2.99. The summed E-state index contributed by atoms with van der Waals surface area (Å²) < 4.78 is 0. The van der Waals surface area contributed by atoms with Crippen molar-refractivity contribution < 1.29 is 0 Å². The lowest BCUT2D eigenvalue weighted by Crippen LogP contribution is -2.20. The van der Waals surface area contributed by atoms with Gasteiger partial charge in [0.15, 0.2) is 0 Å². The maximum absolute atomic E-state index is 8.47. The van der Waals surface area contributed by atoms with Gasteiger partial charge in [0.1, 0.15) is 6.07 Å². The second kappa shape index (κ2) is 12.9. The Balaban J connectivity index is 0.000000210. The van der Waals surface area contributed by atoms with Crippen molar-refractivity contribution in [2.45, 2.75) is 40.5 Å². The van der Waals surface area contributed by atoms with E-state index in [1.54, 1.807) is 12.1 Å².